The highest BCUT2D eigenvalue weighted by Crippen LogP contribution is 2.14. The second-order valence-corrected chi connectivity index (χ2v) is 8.59. The van der Waals surface area contributed by atoms with E-state index in [1.165, 1.54) is 51.9 Å². The van der Waals surface area contributed by atoms with Crippen molar-refractivity contribution in [2.24, 2.45) is 0 Å². The molecular formula is C25H46O6. The van der Waals surface area contributed by atoms with E-state index in [1.54, 1.807) is 0 Å². The first kappa shape index (κ1) is 29.6. The van der Waals surface area contributed by atoms with Gasteiger partial charge in [-0.15, -0.1) is 0 Å². The highest BCUT2D eigenvalue weighted by atomic mass is 16.6. The zero-order chi connectivity index (χ0) is 23.3. The third-order valence-electron chi connectivity index (χ3n) is 5.25. The average Bonchev–Trinajstić information content (AvgIpc) is 2.74. The van der Waals surface area contributed by atoms with Gasteiger partial charge in [-0.25, -0.2) is 4.79 Å². The number of carbonyl (C=O) groups excluding carboxylic acids is 2. The second kappa shape index (κ2) is 20.5. The van der Waals surface area contributed by atoms with E-state index in [2.05, 4.69) is 13.5 Å². The molecule has 2 N–H and O–H groups in total. The van der Waals surface area contributed by atoms with Gasteiger partial charge in [0.15, 0.2) is 0 Å². The first-order chi connectivity index (χ1) is 14.9. The lowest BCUT2D eigenvalue weighted by Gasteiger charge is -2.12. The second-order valence-electron chi connectivity index (χ2n) is 8.59. The van der Waals surface area contributed by atoms with Crippen LogP contribution in [-0.2, 0) is 19.1 Å². The van der Waals surface area contributed by atoms with E-state index in [-0.39, 0.29) is 30.9 Å². The number of ether oxygens (including phenoxy) is 2. The smallest absolute Gasteiger partial charge is 0.333 e. The molecule has 0 fully saturated rings. The number of carbonyl (C=O) groups is 2. The van der Waals surface area contributed by atoms with Crippen molar-refractivity contribution in [3.63, 3.8) is 0 Å². The fraction of sp³-hybridized carbons (Fsp3) is 0.840. The molecule has 0 aromatic rings. The van der Waals surface area contributed by atoms with Crippen LogP contribution in [0, 0.1) is 0 Å². The van der Waals surface area contributed by atoms with Crippen molar-refractivity contribution in [1.29, 1.82) is 0 Å². The molecule has 0 aliphatic heterocycles. The average molecular weight is 443 g/mol. The van der Waals surface area contributed by atoms with Crippen LogP contribution in [0.5, 0.6) is 0 Å². The Morgan fingerprint density at radius 1 is 0.742 bits per heavy atom. The van der Waals surface area contributed by atoms with Crippen molar-refractivity contribution in [3.8, 4) is 0 Å². The summed E-state index contributed by atoms with van der Waals surface area (Å²) in [5.74, 6) is -0.903. The summed E-state index contributed by atoms with van der Waals surface area (Å²) in [5, 5.41) is 19.6. The molecule has 0 aliphatic rings. The molecule has 0 aliphatic carbocycles. The SMILES string of the molecule is C=C(C)C(=O)OCC(O)COC(=O)CCCCCCCCCCC(O)CCCCCC. The highest BCUT2D eigenvalue weighted by Gasteiger charge is 2.12. The number of hydrogen-bond acceptors (Lipinski definition) is 6. The third-order valence-corrected chi connectivity index (χ3v) is 5.25. The minimum Gasteiger partial charge on any atom is -0.463 e. The number of unbranched alkanes of at least 4 members (excludes halogenated alkanes) is 10. The predicted molar refractivity (Wildman–Crippen MR) is 124 cm³/mol. The van der Waals surface area contributed by atoms with Crippen LogP contribution in [0.1, 0.15) is 110 Å². The van der Waals surface area contributed by atoms with Crippen molar-refractivity contribution in [1.82, 2.24) is 0 Å². The molecule has 2 atom stereocenters. The van der Waals surface area contributed by atoms with Crippen LogP contribution < -0.4 is 0 Å². The molecular weight excluding hydrogens is 396 g/mol. The van der Waals surface area contributed by atoms with Gasteiger partial charge in [0.25, 0.3) is 0 Å². The molecule has 182 valence electrons. The van der Waals surface area contributed by atoms with Crippen LogP contribution >= 0.6 is 0 Å². The van der Waals surface area contributed by atoms with Crippen LogP contribution in [0.25, 0.3) is 0 Å². The largest absolute Gasteiger partial charge is 0.463 e. The zero-order valence-corrected chi connectivity index (χ0v) is 19.9. The van der Waals surface area contributed by atoms with Crippen LogP contribution in [0.15, 0.2) is 12.2 Å². The highest BCUT2D eigenvalue weighted by molar-refractivity contribution is 5.86. The molecule has 0 amide bonds. The summed E-state index contributed by atoms with van der Waals surface area (Å²) >= 11 is 0. The van der Waals surface area contributed by atoms with Gasteiger partial charge in [-0.2, -0.15) is 0 Å². The summed E-state index contributed by atoms with van der Waals surface area (Å²) in [7, 11) is 0. The van der Waals surface area contributed by atoms with Crippen molar-refractivity contribution < 1.29 is 29.3 Å². The zero-order valence-electron chi connectivity index (χ0n) is 19.9. The molecule has 0 bridgehead atoms. The van der Waals surface area contributed by atoms with E-state index in [0.29, 0.717) is 6.42 Å². The van der Waals surface area contributed by atoms with E-state index in [1.807, 2.05) is 0 Å². The lowest BCUT2D eigenvalue weighted by atomic mass is 10.0. The standard InChI is InChI=1S/C25H46O6/c1-4-5-6-13-16-22(26)17-14-11-9-7-8-10-12-15-18-24(28)30-19-23(27)20-31-25(29)21(2)3/h22-23,26-27H,2,4-20H2,1,3H3. The first-order valence-electron chi connectivity index (χ1n) is 12.2. The first-order valence-corrected chi connectivity index (χ1v) is 12.2. The van der Waals surface area contributed by atoms with Gasteiger partial charge in [-0.05, 0) is 26.2 Å². The normalized spacial score (nSPS) is 12.9. The molecule has 0 aromatic heterocycles. The van der Waals surface area contributed by atoms with E-state index >= 15 is 0 Å². The fourth-order valence-electron chi connectivity index (χ4n) is 3.27. The van der Waals surface area contributed by atoms with Gasteiger partial charge < -0.3 is 19.7 Å². The predicted octanol–water partition coefficient (Wildman–Crippen LogP) is 5.24. The van der Waals surface area contributed by atoms with Crippen molar-refractivity contribution >= 4 is 11.9 Å². The van der Waals surface area contributed by atoms with Crippen molar-refractivity contribution in [3.05, 3.63) is 12.2 Å². The maximum absolute atomic E-state index is 11.7. The van der Waals surface area contributed by atoms with Gasteiger partial charge in [-0.1, -0.05) is 84.1 Å². The summed E-state index contributed by atoms with van der Waals surface area (Å²) in [4.78, 5) is 22.9. The van der Waals surface area contributed by atoms with Gasteiger partial charge in [0.1, 0.15) is 19.3 Å². The summed E-state index contributed by atoms with van der Waals surface area (Å²) in [6.45, 7) is 6.79. The quantitative estimate of drug-likeness (QED) is 0.143. The Morgan fingerprint density at radius 3 is 1.77 bits per heavy atom. The summed E-state index contributed by atoms with van der Waals surface area (Å²) < 4.78 is 9.80. The van der Waals surface area contributed by atoms with Crippen LogP contribution in [-0.4, -0.2) is 47.6 Å². The molecule has 0 saturated carbocycles. The third kappa shape index (κ3) is 20.3. The van der Waals surface area contributed by atoms with Crippen molar-refractivity contribution in [2.45, 2.75) is 122 Å². The lowest BCUT2D eigenvalue weighted by Crippen LogP contribution is -2.25. The van der Waals surface area contributed by atoms with Crippen LogP contribution in [0.4, 0.5) is 0 Å². The molecule has 0 heterocycles. The summed E-state index contributed by atoms with van der Waals surface area (Å²) in [6, 6.07) is 0. The Bertz CT molecular complexity index is 477. The Balaban J connectivity index is 3.42. The van der Waals surface area contributed by atoms with Gasteiger partial charge >= 0.3 is 11.9 Å². The Labute approximate surface area is 189 Å². The fourth-order valence-corrected chi connectivity index (χ4v) is 3.27. The molecule has 0 aromatic carbocycles. The Kier molecular flexibility index (Phi) is 19.6. The topological polar surface area (TPSA) is 93.1 Å². The molecule has 6 nitrogen and oxygen atoms in total. The van der Waals surface area contributed by atoms with E-state index < -0.39 is 12.1 Å². The number of aliphatic hydroxyl groups excluding tert-OH is 2. The van der Waals surface area contributed by atoms with Gasteiger partial charge in [0.2, 0.25) is 0 Å². The molecule has 0 radical (unpaired) electrons. The van der Waals surface area contributed by atoms with E-state index in [4.69, 9.17) is 9.47 Å². The Morgan fingerprint density at radius 2 is 1.23 bits per heavy atom. The van der Waals surface area contributed by atoms with E-state index in [0.717, 1.165) is 44.9 Å². The van der Waals surface area contributed by atoms with Crippen LogP contribution in [0.2, 0.25) is 0 Å². The summed E-state index contributed by atoms with van der Waals surface area (Å²) in [6.07, 6.45) is 14.7. The van der Waals surface area contributed by atoms with E-state index in [9.17, 15) is 19.8 Å². The maximum atomic E-state index is 11.7. The lowest BCUT2D eigenvalue weighted by molar-refractivity contribution is -0.150. The van der Waals surface area contributed by atoms with Gasteiger partial charge in [0, 0.05) is 12.0 Å². The van der Waals surface area contributed by atoms with Crippen LogP contribution in [0.3, 0.4) is 0 Å². The minimum atomic E-state index is -1.02. The Hall–Kier alpha value is -1.40. The molecule has 2 unspecified atom stereocenters. The molecule has 6 heteroatoms. The van der Waals surface area contributed by atoms with Gasteiger partial charge in [0.05, 0.1) is 6.10 Å². The molecule has 0 spiro atoms. The monoisotopic (exact) mass is 442 g/mol. The van der Waals surface area contributed by atoms with Gasteiger partial charge in [-0.3, -0.25) is 4.79 Å². The summed E-state index contributed by atoms with van der Waals surface area (Å²) in [5.41, 5.74) is 0.260. The molecule has 0 rings (SSSR count). The molecule has 31 heavy (non-hydrogen) atoms. The molecule has 0 saturated heterocycles. The number of aliphatic hydroxyl groups is 2. The number of hydrogen-bond donors (Lipinski definition) is 2. The van der Waals surface area contributed by atoms with Crippen molar-refractivity contribution in [2.75, 3.05) is 13.2 Å². The minimum absolute atomic E-state index is 0.121. The maximum Gasteiger partial charge on any atom is 0.333 e. The number of rotatable bonds is 21. The number of esters is 2.